The van der Waals surface area contributed by atoms with E-state index in [2.05, 4.69) is 5.32 Å². The first-order chi connectivity index (χ1) is 13.4. The molecule has 0 saturated carbocycles. The lowest BCUT2D eigenvalue weighted by Gasteiger charge is -2.14. The maximum atomic E-state index is 14.5. The van der Waals surface area contributed by atoms with Gasteiger partial charge in [0, 0.05) is 17.3 Å². The number of aromatic nitrogens is 1. The van der Waals surface area contributed by atoms with E-state index in [-0.39, 0.29) is 22.2 Å². The van der Waals surface area contributed by atoms with Crippen molar-refractivity contribution in [3.8, 4) is 11.3 Å². The number of benzene rings is 2. The number of nitrogens with one attached hydrogen (secondary N) is 1. The van der Waals surface area contributed by atoms with Crippen molar-refractivity contribution in [1.29, 1.82) is 0 Å². The summed E-state index contributed by atoms with van der Waals surface area (Å²) in [7, 11) is -4.10. The van der Waals surface area contributed by atoms with Crippen molar-refractivity contribution in [2.24, 2.45) is 0 Å². The van der Waals surface area contributed by atoms with Gasteiger partial charge in [0.05, 0.1) is 10.6 Å². The van der Waals surface area contributed by atoms with Gasteiger partial charge in [-0.2, -0.15) is 0 Å². The van der Waals surface area contributed by atoms with E-state index in [9.17, 15) is 17.2 Å². The van der Waals surface area contributed by atoms with E-state index in [1.165, 1.54) is 28.2 Å². The zero-order valence-electron chi connectivity index (χ0n) is 15.3. The SMILES string of the molecule is CCNC1CCc2c1cc(-c1ccccc1F)n2S(=O)(=O)c1cccc(F)c1. The second-order valence-electron chi connectivity index (χ2n) is 6.79. The monoisotopic (exact) mass is 402 g/mol. The normalized spacial score (nSPS) is 16.3. The van der Waals surface area contributed by atoms with Crippen LogP contribution < -0.4 is 5.32 Å². The maximum Gasteiger partial charge on any atom is 0.268 e. The molecule has 1 aromatic heterocycles. The summed E-state index contributed by atoms with van der Waals surface area (Å²) in [6.07, 6.45) is 1.30. The molecule has 1 unspecified atom stereocenters. The Bertz CT molecular complexity index is 1140. The van der Waals surface area contributed by atoms with Crippen LogP contribution in [0.25, 0.3) is 11.3 Å². The molecular weight excluding hydrogens is 382 g/mol. The van der Waals surface area contributed by atoms with Crippen molar-refractivity contribution in [2.75, 3.05) is 6.54 Å². The minimum atomic E-state index is -4.10. The number of rotatable bonds is 5. The van der Waals surface area contributed by atoms with Gasteiger partial charge in [0.25, 0.3) is 10.0 Å². The molecule has 3 aromatic rings. The molecule has 146 valence electrons. The molecule has 0 radical (unpaired) electrons. The Morgan fingerprint density at radius 1 is 1.11 bits per heavy atom. The number of halogens is 2. The largest absolute Gasteiger partial charge is 0.310 e. The second-order valence-corrected chi connectivity index (χ2v) is 8.57. The standard InChI is InChI=1S/C21H20F2N2O2S/c1-2-24-19-10-11-20-17(19)13-21(16-8-3-4-9-18(16)23)25(20)28(26,27)15-7-5-6-14(22)12-15/h3-9,12-13,19,24H,2,10-11H2,1H3. The van der Waals surface area contributed by atoms with Crippen LogP contribution in [0.2, 0.25) is 0 Å². The lowest BCUT2D eigenvalue weighted by atomic mass is 10.1. The molecule has 1 N–H and O–H groups in total. The minimum Gasteiger partial charge on any atom is -0.310 e. The first kappa shape index (κ1) is 18.8. The van der Waals surface area contributed by atoms with E-state index in [1.54, 1.807) is 24.3 Å². The van der Waals surface area contributed by atoms with Gasteiger partial charge in [0.15, 0.2) is 0 Å². The predicted octanol–water partition coefficient (Wildman–Crippen LogP) is 4.27. The Hall–Kier alpha value is -2.51. The lowest BCUT2D eigenvalue weighted by molar-refractivity contribution is 0.548. The van der Waals surface area contributed by atoms with Crippen LogP contribution in [0.5, 0.6) is 0 Å². The topological polar surface area (TPSA) is 51.1 Å². The van der Waals surface area contributed by atoms with E-state index in [4.69, 9.17) is 0 Å². The third kappa shape index (κ3) is 3.04. The highest BCUT2D eigenvalue weighted by molar-refractivity contribution is 7.90. The number of fused-ring (bicyclic) bond motifs is 1. The molecule has 4 nitrogen and oxygen atoms in total. The Morgan fingerprint density at radius 3 is 2.61 bits per heavy atom. The fourth-order valence-corrected chi connectivity index (χ4v) is 5.48. The smallest absolute Gasteiger partial charge is 0.268 e. The molecule has 0 aliphatic heterocycles. The summed E-state index contributed by atoms with van der Waals surface area (Å²) >= 11 is 0. The summed E-state index contributed by atoms with van der Waals surface area (Å²) in [5.41, 5.74) is 1.93. The van der Waals surface area contributed by atoms with Crippen LogP contribution in [0.4, 0.5) is 8.78 Å². The molecule has 0 amide bonds. The van der Waals surface area contributed by atoms with Gasteiger partial charge in [-0.15, -0.1) is 0 Å². The molecule has 1 heterocycles. The zero-order valence-corrected chi connectivity index (χ0v) is 16.1. The third-order valence-electron chi connectivity index (χ3n) is 5.07. The Balaban J connectivity index is 1.98. The maximum absolute atomic E-state index is 14.5. The van der Waals surface area contributed by atoms with Crippen LogP contribution in [0, 0.1) is 11.6 Å². The lowest BCUT2D eigenvalue weighted by Crippen LogP contribution is -2.17. The quantitative estimate of drug-likeness (QED) is 0.694. The Labute approximate surface area is 162 Å². The van der Waals surface area contributed by atoms with Gasteiger partial charge in [-0.25, -0.2) is 21.2 Å². The highest BCUT2D eigenvalue weighted by Crippen LogP contribution is 2.40. The van der Waals surface area contributed by atoms with Gasteiger partial charge < -0.3 is 5.32 Å². The van der Waals surface area contributed by atoms with Crippen LogP contribution in [0.15, 0.2) is 59.5 Å². The summed E-state index contributed by atoms with van der Waals surface area (Å²) in [4.78, 5) is -0.157. The molecule has 28 heavy (non-hydrogen) atoms. The summed E-state index contributed by atoms with van der Waals surface area (Å²) in [6, 6.07) is 12.7. The molecule has 7 heteroatoms. The van der Waals surface area contributed by atoms with Gasteiger partial charge in [-0.1, -0.05) is 25.1 Å². The van der Waals surface area contributed by atoms with Crippen molar-refractivity contribution in [3.05, 3.63) is 77.5 Å². The van der Waals surface area contributed by atoms with Crippen molar-refractivity contribution in [1.82, 2.24) is 9.29 Å². The first-order valence-corrected chi connectivity index (χ1v) is 10.6. The highest BCUT2D eigenvalue weighted by Gasteiger charge is 2.34. The number of nitrogens with zero attached hydrogens (tertiary/aromatic N) is 1. The van der Waals surface area contributed by atoms with E-state index < -0.39 is 21.7 Å². The average Bonchev–Trinajstić information content (AvgIpc) is 3.22. The van der Waals surface area contributed by atoms with Gasteiger partial charge in [-0.3, -0.25) is 0 Å². The Kier molecular flexibility index (Phi) is 4.81. The summed E-state index contributed by atoms with van der Waals surface area (Å²) in [6.45, 7) is 2.72. The molecule has 4 rings (SSSR count). The van der Waals surface area contributed by atoms with Crippen LogP contribution in [0.3, 0.4) is 0 Å². The summed E-state index contributed by atoms with van der Waals surface area (Å²) in [5.74, 6) is -1.14. The van der Waals surface area contributed by atoms with E-state index in [1.807, 2.05) is 6.92 Å². The molecule has 1 aliphatic rings. The number of hydrogen-bond acceptors (Lipinski definition) is 3. The molecule has 2 aromatic carbocycles. The predicted molar refractivity (Wildman–Crippen MR) is 104 cm³/mol. The van der Waals surface area contributed by atoms with Gasteiger partial charge in [0.2, 0.25) is 0 Å². The zero-order chi connectivity index (χ0) is 19.9. The van der Waals surface area contributed by atoms with E-state index >= 15 is 0 Å². The minimum absolute atomic E-state index is 0.00878. The fraction of sp³-hybridized carbons (Fsp3) is 0.238. The highest BCUT2D eigenvalue weighted by atomic mass is 32.2. The fourth-order valence-electron chi connectivity index (χ4n) is 3.86. The molecular formula is C21H20F2N2O2S. The van der Waals surface area contributed by atoms with Crippen molar-refractivity contribution in [2.45, 2.75) is 30.7 Å². The van der Waals surface area contributed by atoms with Gasteiger partial charge in [0.1, 0.15) is 11.6 Å². The van der Waals surface area contributed by atoms with Crippen molar-refractivity contribution in [3.63, 3.8) is 0 Å². The molecule has 1 atom stereocenters. The Morgan fingerprint density at radius 2 is 1.89 bits per heavy atom. The van der Waals surface area contributed by atoms with E-state index in [0.29, 0.717) is 12.1 Å². The molecule has 0 fully saturated rings. The first-order valence-electron chi connectivity index (χ1n) is 9.17. The number of hydrogen-bond donors (Lipinski definition) is 1. The van der Waals surface area contributed by atoms with E-state index in [0.717, 1.165) is 24.6 Å². The summed E-state index contributed by atoms with van der Waals surface area (Å²) < 4.78 is 56.3. The summed E-state index contributed by atoms with van der Waals surface area (Å²) in [5, 5.41) is 3.35. The molecule has 0 spiro atoms. The molecule has 0 saturated heterocycles. The average molecular weight is 402 g/mol. The van der Waals surface area contributed by atoms with Crippen LogP contribution in [0.1, 0.15) is 30.6 Å². The van der Waals surface area contributed by atoms with Crippen molar-refractivity contribution >= 4 is 10.0 Å². The van der Waals surface area contributed by atoms with Gasteiger partial charge >= 0.3 is 0 Å². The third-order valence-corrected chi connectivity index (χ3v) is 6.82. The van der Waals surface area contributed by atoms with Gasteiger partial charge in [-0.05, 0) is 61.3 Å². The van der Waals surface area contributed by atoms with Crippen molar-refractivity contribution < 1.29 is 17.2 Å². The molecule has 0 bridgehead atoms. The van der Waals surface area contributed by atoms with Crippen LogP contribution >= 0.6 is 0 Å². The molecule has 1 aliphatic carbocycles. The second kappa shape index (κ2) is 7.14. The van der Waals surface area contributed by atoms with Crippen LogP contribution in [-0.2, 0) is 16.4 Å². The van der Waals surface area contributed by atoms with Crippen LogP contribution in [-0.4, -0.2) is 18.9 Å².